The Balaban J connectivity index is 3.44. The molecule has 0 aliphatic carbocycles. The summed E-state index contributed by atoms with van der Waals surface area (Å²) in [7, 11) is 0. The van der Waals surface area contributed by atoms with Gasteiger partial charge in [-0.1, -0.05) is 0 Å². The Bertz CT molecular complexity index is 522. The molecule has 0 spiro atoms. The zero-order chi connectivity index (χ0) is 13.9. The van der Waals surface area contributed by atoms with Crippen LogP contribution in [-0.2, 0) is 6.42 Å². The van der Waals surface area contributed by atoms with Crippen LogP contribution in [0.1, 0.15) is 11.3 Å². The van der Waals surface area contributed by atoms with E-state index in [9.17, 15) is 23.3 Å². The van der Waals surface area contributed by atoms with Gasteiger partial charge in [0.1, 0.15) is 5.69 Å². The first-order chi connectivity index (χ1) is 8.26. The van der Waals surface area contributed by atoms with Gasteiger partial charge in [-0.25, -0.2) is 0 Å². The SMILES string of the molecule is Cc1ncc(CC#N)c(OC(F)(F)F)c1[N+](=O)[O-]. The summed E-state index contributed by atoms with van der Waals surface area (Å²) in [6, 6.07) is 1.59. The lowest BCUT2D eigenvalue weighted by molar-refractivity contribution is -0.389. The van der Waals surface area contributed by atoms with E-state index in [4.69, 9.17) is 5.26 Å². The Labute approximate surface area is 98.8 Å². The van der Waals surface area contributed by atoms with Crippen LogP contribution in [0.3, 0.4) is 0 Å². The quantitative estimate of drug-likeness (QED) is 0.615. The molecular weight excluding hydrogens is 255 g/mol. The largest absolute Gasteiger partial charge is 0.573 e. The highest BCUT2D eigenvalue weighted by atomic mass is 19.4. The van der Waals surface area contributed by atoms with Gasteiger partial charge < -0.3 is 4.74 Å². The van der Waals surface area contributed by atoms with E-state index in [0.717, 1.165) is 6.20 Å². The molecule has 0 fully saturated rings. The second kappa shape index (κ2) is 4.87. The van der Waals surface area contributed by atoms with Crippen LogP contribution in [-0.4, -0.2) is 16.3 Å². The molecule has 1 rings (SSSR count). The fourth-order valence-electron chi connectivity index (χ4n) is 1.27. The Morgan fingerprint density at radius 2 is 2.22 bits per heavy atom. The van der Waals surface area contributed by atoms with Crippen molar-refractivity contribution in [1.29, 1.82) is 5.26 Å². The molecule has 0 amide bonds. The van der Waals surface area contributed by atoms with Crippen molar-refractivity contribution in [3.8, 4) is 11.8 Å². The first-order valence-corrected chi connectivity index (χ1v) is 4.52. The number of nitriles is 1. The van der Waals surface area contributed by atoms with Crippen LogP contribution >= 0.6 is 0 Å². The van der Waals surface area contributed by atoms with Crippen LogP contribution in [0.4, 0.5) is 18.9 Å². The number of pyridine rings is 1. The van der Waals surface area contributed by atoms with Crippen molar-refractivity contribution in [3.63, 3.8) is 0 Å². The third kappa shape index (κ3) is 3.07. The fourth-order valence-corrected chi connectivity index (χ4v) is 1.27. The Hall–Kier alpha value is -2.37. The Morgan fingerprint density at radius 3 is 2.67 bits per heavy atom. The highest BCUT2D eigenvalue weighted by molar-refractivity contribution is 5.54. The summed E-state index contributed by atoms with van der Waals surface area (Å²) in [6.45, 7) is 1.18. The summed E-state index contributed by atoms with van der Waals surface area (Å²) in [5.41, 5.74) is -1.40. The van der Waals surface area contributed by atoms with Crippen LogP contribution in [0, 0.1) is 28.4 Å². The molecule has 0 radical (unpaired) electrons. The van der Waals surface area contributed by atoms with E-state index < -0.39 is 29.1 Å². The first kappa shape index (κ1) is 13.7. The number of halogens is 3. The number of hydrogen-bond acceptors (Lipinski definition) is 5. The molecule has 18 heavy (non-hydrogen) atoms. The molecule has 0 saturated carbocycles. The van der Waals surface area contributed by atoms with Crippen molar-refractivity contribution in [2.24, 2.45) is 0 Å². The predicted octanol–water partition coefficient (Wildman–Crippen LogP) is 2.26. The van der Waals surface area contributed by atoms with E-state index in [1.165, 1.54) is 6.92 Å². The van der Waals surface area contributed by atoms with Crippen molar-refractivity contribution < 1.29 is 22.8 Å². The lowest BCUT2D eigenvalue weighted by atomic mass is 10.1. The van der Waals surface area contributed by atoms with E-state index >= 15 is 0 Å². The number of rotatable bonds is 3. The van der Waals surface area contributed by atoms with Crippen molar-refractivity contribution in [1.82, 2.24) is 4.98 Å². The van der Waals surface area contributed by atoms with E-state index in [2.05, 4.69) is 9.72 Å². The maximum absolute atomic E-state index is 12.2. The molecule has 0 aliphatic heterocycles. The highest BCUT2D eigenvalue weighted by Gasteiger charge is 2.37. The number of aromatic nitrogens is 1. The van der Waals surface area contributed by atoms with Crippen LogP contribution in [0.25, 0.3) is 0 Å². The lowest BCUT2D eigenvalue weighted by Crippen LogP contribution is -2.19. The first-order valence-electron chi connectivity index (χ1n) is 4.52. The van der Waals surface area contributed by atoms with Gasteiger partial charge in [0, 0.05) is 11.8 Å². The zero-order valence-electron chi connectivity index (χ0n) is 8.98. The normalized spacial score (nSPS) is 10.8. The number of nitro groups is 1. The number of aryl methyl sites for hydroxylation is 1. The number of hydrogen-bond donors (Lipinski definition) is 0. The molecule has 0 saturated heterocycles. The minimum absolute atomic E-state index is 0.221. The molecule has 0 atom stereocenters. The summed E-state index contributed by atoms with van der Waals surface area (Å²) in [5.74, 6) is -0.985. The number of nitrogens with zero attached hydrogens (tertiary/aromatic N) is 3. The van der Waals surface area contributed by atoms with Gasteiger partial charge in [0.2, 0.25) is 5.75 Å². The van der Waals surface area contributed by atoms with E-state index in [-0.39, 0.29) is 11.3 Å². The van der Waals surface area contributed by atoms with Crippen molar-refractivity contribution >= 4 is 5.69 Å². The predicted molar refractivity (Wildman–Crippen MR) is 51.6 cm³/mol. The van der Waals surface area contributed by atoms with Crippen LogP contribution in [0.2, 0.25) is 0 Å². The molecule has 0 N–H and O–H groups in total. The van der Waals surface area contributed by atoms with Crippen LogP contribution < -0.4 is 4.74 Å². The topological polar surface area (TPSA) is 89.0 Å². The average molecular weight is 261 g/mol. The zero-order valence-corrected chi connectivity index (χ0v) is 8.98. The molecule has 9 heteroatoms. The summed E-state index contributed by atoms with van der Waals surface area (Å²) in [4.78, 5) is 13.3. The summed E-state index contributed by atoms with van der Waals surface area (Å²) in [5, 5.41) is 19.2. The molecule has 1 aromatic rings. The van der Waals surface area contributed by atoms with Gasteiger partial charge in [-0.15, -0.1) is 13.2 Å². The van der Waals surface area contributed by atoms with E-state index in [1.807, 2.05) is 0 Å². The van der Waals surface area contributed by atoms with Crippen LogP contribution in [0.5, 0.6) is 5.75 Å². The molecule has 96 valence electrons. The Morgan fingerprint density at radius 1 is 1.61 bits per heavy atom. The van der Waals surface area contributed by atoms with Gasteiger partial charge in [-0.2, -0.15) is 5.26 Å². The molecule has 0 unspecified atom stereocenters. The molecular formula is C9H6F3N3O3. The van der Waals surface area contributed by atoms with Crippen molar-refractivity contribution in [2.45, 2.75) is 19.7 Å². The second-order valence-electron chi connectivity index (χ2n) is 3.19. The molecule has 0 aliphatic rings. The highest BCUT2D eigenvalue weighted by Crippen LogP contribution is 2.36. The minimum atomic E-state index is -5.08. The number of alkyl halides is 3. The van der Waals surface area contributed by atoms with Gasteiger partial charge in [0.15, 0.2) is 0 Å². The fraction of sp³-hybridized carbons (Fsp3) is 0.333. The molecule has 1 heterocycles. The molecule has 0 bridgehead atoms. The van der Waals surface area contributed by atoms with Gasteiger partial charge >= 0.3 is 12.0 Å². The molecule has 0 aromatic carbocycles. The van der Waals surface area contributed by atoms with Crippen molar-refractivity contribution in [2.75, 3.05) is 0 Å². The third-order valence-electron chi connectivity index (χ3n) is 1.93. The van der Waals surface area contributed by atoms with E-state index in [0.29, 0.717) is 0 Å². The number of ether oxygens (including phenoxy) is 1. The molecule has 1 aromatic heterocycles. The van der Waals surface area contributed by atoms with Gasteiger partial charge in [0.25, 0.3) is 0 Å². The lowest BCUT2D eigenvalue weighted by Gasteiger charge is -2.12. The second-order valence-corrected chi connectivity index (χ2v) is 3.19. The Kier molecular flexibility index (Phi) is 3.70. The van der Waals surface area contributed by atoms with E-state index in [1.54, 1.807) is 6.07 Å². The summed E-state index contributed by atoms with van der Waals surface area (Å²) in [6.07, 6.45) is -4.60. The maximum Gasteiger partial charge on any atom is 0.573 e. The van der Waals surface area contributed by atoms with Gasteiger partial charge in [0.05, 0.1) is 17.4 Å². The minimum Gasteiger partial charge on any atom is -0.398 e. The monoisotopic (exact) mass is 261 g/mol. The standard InChI is InChI=1S/C9H6F3N3O3/c1-5-7(15(16)17)8(18-9(10,11)12)6(2-3-13)4-14-5/h4H,2H2,1H3. The maximum atomic E-state index is 12.2. The van der Waals surface area contributed by atoms with Crippen LogP contribution in [0.15, 0.2) is 6.20 Å². The summed E-state index contributed by atoms with van der Waals surface area (Å²) >= 11 is 0. The summed E-state index contributed by atoms with van der Waals surface area (Å²) < 4.78 is 40.2. The average Bonchev–Trinajstić information content (AvgIpc) is 2.19. The molecule has 6 nitrogen and oxygen atoms in total. The van der Waals surface area contributed by atoms with Crippen molar-refractivity contribution in [3.05, 3.63) is 27.6 Å². The third-order valence-corrected chi connectivity index (χ3v) is 1.93. The smallest absolute Gasteiger partial charge is 0.398 e. The van der Waals surface area contributed by atoms with Gasteiger partial charge in [-0.05, 0) is 6.92 Å². The van der Waals surface area contributed by atoms with Gasteiger partial charge in [-0.3, -0.25) is 15.1 Å².